The molecular weight excluding hydrogens is 452 g/mol. The Labute approximate surface area is 190 Å². The van der Waals surface area contributed by atoms with E-state index >= 15 is 0 Å². The molecule has 1 atom stereocenters. The number of rotatable bonds is 7. The van der Waals surface area contributed by atoms with Crippen molar-refractivity contribution in [2.24, 2.45) is 4.99 Å². The topological polar surface area (TPSA) is 118 Å². The molecule has 0 saturated carbocycles. The summed E-state index contributed by atoms with van der Waals surface area (Å²) in [4.78, 5) is 12.8. The van der Waals surface area contributed by atoms with Crippen LogP contribution >= 0.6 is 11.6 Å². The normalized spacial score (nSPS) is 16.9. The Morgan fingerprint density at radius 1 is 1.28 bits per heavy atom. The zero-order valence-electron chi connectivity index (χ0n) is 17.2. The fraction of sp³-hybridized carbons (Fsp3) is 0.227. The average Bonchev–Trinajstić information content (AvgIpc) is 3.22. The maximum absolute atomic E-state index is 11.2. The van der Waals surface area contributed by atoms with Gasteiger partial charge in [-0.2, -0.15) is 0 Å². The van der Waals surface area contributed by atoms with Gasteiger partial charge < -0.3 is 14.8 Å². The van der Waals surface area contributed by atoms with E-state index in [0.717, 1.165) is 22.2 Å². The second-order valence-electron chi connectivity index (χ2n) is 7.40. The Balaban J connectivity index is 1.57. The van der Waals surface area contributed by atoms with Gasteiger partial charge in [-0.3, -0.25) is 4.99 Å². The minimum atomic E-state index is -3.05. The first-order valence-electron chi connectivity index (χ1n) is 9.82. The van der Waals surface area contributed by atoms with E-state index in [4.69, 9.17) is 16.0 Å². The number of aliphatic hydroxyl groups is 1. The third kappa shape index (κ3) is 5.35. The van der Waals surface area contributed by atoms with E-state index in [9.17, 15) is 13.5 Å². The highest BCUT2D eigenvalue weighted by atomic mass is 35.5. The smallest absolute Gasteiger partial charge is 0.149 e. The van der Waals surface area contributed by atoms with E-state index in [-0.39, 0.29) is 18.1 Å². The first-order valence-corrected chi connectivity index (χ1v) is 12.3. The standard InChI is InChI=1S/C22H21ClN4O4S/c1-32(29,30)9-8-24-12-16-4-7-21(31-16)14-2-5-19-17(10-14)22(26-13-25-19)27-15-3-6-20(28)18(23)11-15/h2-7,10,12-13,18,28H,8-9,11H2,1H3,(H,25,26,27). The molecule has 0 amide bonds. The largest absolute Gasteiger partial charge is 0.511 e. The summed E-state index contributed by atoms with van der Waals surface area (Å²) in [6.07, 6.45) is 7.98. The van der Waals surface area contributed by atoms with Crippen molar-refractivity contribution in [2.75, 3.05) is 23.9 Å². The van der Waals surface area contributed by atoms with Crippen molar-refractivity contribution in [3.8, 4) is 11.3 Å². The number of hydrogen-bond donors (Lipinski definition) is 2. The summed E-state index contributed by atoms with van der Waals surface area (Å²) in [5, 5.41) is 13.3. The second kappa shape index (κ2) is 9.13. The van der Waals surface area contributed by atoms with Gasteiger partial charge in [0.05, 0.1) is 29.4 Å². The molecule has 2 aromatic heterocycles. The molecule has 1 aromatic carbocycles. The Bertz CT molecular complexity index is 1340. The van der Waals surface area contributed by atoms with Gasteiger partial charge in [0.15, 0.2) is 0 Å². The van der Waals surface area contributed by atoms with Crippen LogP contribution in [0.4, 0.5) is 5.82 Å². The lowest BCUT2D eigenvalue weighted by Gasteiger charge is -2.18. The number of anilines is 1. The van der Waals surface area contributed by atoms with Crippen LogP contribution in [-0.4, -0.2) is 53.6 Å². The molecular formula is C22H21ClN4O4S. The number of aromatic nitrogens is 2. The number of furan rings is 1. The number of aliphatic hydroxyl groups excluding tert-OH is 1. The predicted molar refractivity (Wildman–Crippen MR) is 126 cm³/mol. The summed E-state index contributed by atoms with van der Waals surface area (Å²) >= 11 is 6.14. The predicted octanol–water partition coefficient (Wildman–Crippen LogP) is 4.10. The van der Waals surface area contributed by atoms with Crippen molar-refractivity contribution in [1.82, 2.24) is 9.97 Å². The molecule has 1 aliphatic carbocycles. The van der Waals surface area contributed by atoms with Gasteiger partial charge >= 0.3 is 0 Å². The molecule has 4 rings (SSSR count). The van der Waals surface area contributed by atoms with Crippen molar-refractivity contribution in [3.05, 3.63) is 66.0 Å². The zero-order valence-corrected chi connectivity index (χ0v) is 18.8. The van der Waals surface area contributed by atoms with Gasteiger partial charge in [0.1, 0.15) is 39.3 Å². The number of sulfone groups is 1. The Kier molecular flexibility index (Phi) is 6.29. The Hall–Kier alpha value is -3.17. The van der Waals surface area contributed by atoms with Gasteiger partial charge in [-0.15, -0.1) is 11.6 Å². The number of fused-ring (bicyclic) bond motifs is 1. The zero-order chi connectivity index (χ0) is 22.7. The van der Waals surface area contributed by atoms with Crippen LogP contribution in [0, 0.1) is 0 Å². The Morgan fingerprint density at radius 3 is 2.91 bits per heavy atom. The highest BCUT2D eigenvalue weighted by Gasteiger charge is 2.17. The lowest BCUT2D eigenvalue weighted by molar-refractivity contribution is 0.388. The molecule has 3 aromatic rings. The monoisotopic (exact) mass is 472 g/mol. The van der Waals surface area contributed by atoms with Crippen molar-refractivity contribution < 1.29 is 17.9 Å². The minimum absolute atomic E-state index is 0.00613. The van der Waals surface area contributed by atoms with Crippen LogP contribution in [-0.2, 0) is 9.84 Å². The van der Waals surface area contributed by atoms with Crippen LogP contribution in [0.3, 0.4) is 0 Å². The van der Waals surface area contributed by atoms with Gasteiger partial charge in [-0.25, -0.2) is 18.4 Å². The van der Waals surface area contributed by atoms with E-state index < -0.39 is 15.2 Å². The lowest BCUT2D eigenvalue weighted by Crippen LogP contribution is -2.13. The number of allylic oxidation sites excluding steroid dienone is 4. The number of nitrogens with one attached hydrogen (secondary N) is 1. The van der Waals surface area contributed by atoms with Crippen LogP contribution in [0.5, 0.6) is 0 Å². The molecule has 0 spiro atoms. The van der Waals surface area contributed by atoms with Crippen LogP contribution in [0.25, 0.3) is 22.2 Å². The fourth-order valence-corrected chi connectivity index (χ4v) is 3.84. The quantitative estimate of drug-likeness (QED) is 0.392. The van der Waals surface area contributed by atoms with Gasteiger partial charge in [-0.05, 0) is 42.5 Å². The summed E-state index contributed by atoms with van der Waals surface area (Å²) in [7, 11) is -3.05. The average molecular weight is 473 g/mol. The van der Waals surface area contributed by atoms with Crippen molar-refractivity contribution >= 4 is 44.4 Å². The fourth-order valence-electron chi connectivity index (χ4n) is 3.16. The lowest BCUT2D eigenvalue weighted by atomic mass is 10.1. The summed E-state index contributed by atoms with van der Waals surface area (Å²) in [5.41, 5.74) is 2.42. The molecule has 32 heavy (non-hydrogen) atoms. The molecule has 2 heterocycles. The number of aliphatic imine (C=N–C) groups is 1. The van der Waals surface area contributed by atoms with Crippen molar-refractivity contribution in [2.45, 2.75) is 11.8 Å². The van der Waals surface area contributed by atoms with Crippen LogP contribution in [0.1, 0.15) is 12.2 Å². The second-order valence-corrected chi connectivity index (χ2v) is 10.2. The number of alkyl halides is 1. The first-order chi connectivity index (χ1) is 15.3. The number of hydrogen-bond acceptors (Lipinski definition) is 8. The summed E-state index contributed by atoms with van der Waals surface area (Å²) in [6, 6.07) is 9.31. The third-order valence-electron chi connectivity index (χ3n) is 4.81. The maximum Gasteiger partial charge on any atom is 0.149 e. The highest BCUT2D eigenvalue weighted by molar-refractivity contribution is 7.90. The molecule has 166 valence electrons. The Morgan fingerprint density at radius 2 is 2.12 bits per heavy atom. The summed E-state index contributed by atoms with van der Waals surface area (Å²) in [5.74, 6) is 1.92. The van der Waals surface area contributed by atoms with Crippen LogP contribution in [0.2, 0.25) is 0 Å². The van der Waals surface area contributed by atoms with Crippen molar-refractivity contribution in [1.29, 1.82) is 0 Å². The molecule has 8 nitrogen and oxygen atoms in total. The molecule has 10 heteroatoms. The van der Waals surface area contributed by atoms with E-state index in [0.29, 0.717) is 23.8 Å². The molecule has 0 bridgehead atoms. The highest BCUT2D eigenvalue weighted by Crippen LogP contribution is 2.30. The van der Waals surface area contributed by atoms with Gasteiger partial charge in [-0.1, -0.05) is 0 Å². The van der Waals surface area contributed by atoms with E-state index in [2.05, 4.69) is 20.3 Å². The summed E-state index contributed by atoms with van der Waals surface area (Å²) in [6.45, 7) is 0.184. The van der Waals surface area contributed by atoms with E-state index in [1.165, 1.54) is 18.8 Å². The molecule has 1 aliphatic rings. The minimum Gasteiger partial charge on any atom is -0.511 e. The molecule has 0 saturated heterocycles. The SMILES string of the molecule is CS(=O)(=O)CCN=Cc1ccc(-c2ccc3ncnc(NC4=CC=C(O)C(Cl)C4)c3c2)o1. The molecule has 0 radical (unpaired) electrons. The molecule has 0 fully saturated rings. The molecule has 2 N–H and O–H groups in total. The summed E-state index contributed by atoms with van der Waals surface area (Å²) < 4.78 is 28.2. The van der Waals surface area contributed by atoms with Gasteiger partial charge in [0.25, 0.3) is 0 Å². The van der Waals surface area contributed by atoms with E-state index in [1.807, 2.05) is 24.3 Å². The first kappa shape index (κ1) is 22.0. The van der Waals surface area contributed by atoms with Gasteiger partial charge in [0, 0.05) is 29.3 Å². The number of halogens is 1. The van der Waals surface area contributed by atoms with Crippen LogP contribution < -0.4 is 5.32 Å². The van der Waals surface area contributed by atoms with Crippen LogP contribution in [0.15, 0.2) is 69.7 Å². The van der Waals surface area contributed by atoms with E-state index in [1.54, 1.807) is 18.2 Å². The molecule has 0 aliphatic heterocycles. The maximum atomic E-state index is 11.2. The van der Waals surface area contributed by atoms with Crippen molar-refractivity contribution in [3.63, 3.8) is 0 Å². The van der Waals surface area contributed by atoms with Gasteiger partial charge in [0.2, 0.25) is 0 Å². The number of nitrogens with zero attached hydrogens (tertiary/aromatic N) is 3. The molecule has 1 unspecified atom stereocenters. The number of benzene rings is 1. The third-order valence-corrected chi connectivity index (χ3v) is 6.11.